The summed E-state index contributed by atoms with van der Waals surface area (Å²) >= 11 is 0. The van der Waals surface area contributed by atoms with E-state index in [0.717, 1.165) is 49.2 Å². The summed E-state index contributed by atoms with van der Waals surface area (Å²) in [4.78, 5) is 9.44. The lowest BCUT2D eigenvalue weighted by atomic mass is 9.98. The van der Waals surface area contributed by atoms with Crippen LogP contribution in [-0.4, -0.2) is 76.4 Å². The van der Waals surface area contributed by atoms with Crippen molar-refractivity contribution in [1.82, 2.24) is 15.5 Å². The van der Waals surface area contributed by atoms with Crippen LogP contribution in [0, 0.1) is 0 Å². The number of rotatable bonds is 7. The highest BCUT2D eigenvalue weighted by atomic mass is 16.5. The molecule has 168 valence electrons. The second kappa shape index (κ2) is 10.2. The van der Waals surface area contributed by atoms with Crippen LogP contribution in [0.1, 0.15) is 39.5 Å². The van der Waals surface area contributed by atoms with E-state index in [9.17, 15) is 0 Å². The minimum absolute atomic E-state index is 0.122. The van der Waals surface area contributed by atoms with Crippen molar-refractivity contribution in [2.45, 2.75) is 51.1 Å². The Balaban J connectivity index is 1.53. The molecule has 3 rings (SSSR count). The highest BCUT2D eigenvalue weighted by Gasteiger charge is 2.29. The molecule has 0 bridgehead atoms. The first-order valence-electron chi connectivity index (χ1n) is 11.2. The van der Waals surface area contributed by atoms with Crippen molar-refractivity contribution in [3.05, 3.63) is 18.2 Å². The third kappa shape index (κ3) is 5.72. The van der Waals surface area contributed by atoms with E-state index in [4.69, 9.17) is 9.47 Å². The number of aliphatic imine (C=N–C) groups is 1. The Kier molecular flexibility index (Phi) is 7.69. The first-order chi connectivity index (χ1) is 14.4. The maximum absolute atomic E-state index is 5.42. The van der Waals surface area contributed by atoms with Crippen LogP contribution >= 0.6 is 0 Å². The van der Waals surface area contributed by atoms with Gasteiger partial charge in [0.05, 0.1) is 14.2 Å². The van der Waals surface area contributed by atoms with Gasteiger partial charge >= 0.3 is 0 Å². The first kappa shape index (κ1) is 22.5. The molecule has 30 heavy (non-hydrogen) atoms. The second-order valence-corrected chi connectivity index (χ2v) is 8.93. The molecule has 2 fully saturated rings. The fourth-order valence-electron chi connectivity index (χ4n) is 4.39. The number of hydrogen-bond donors (Lipinski definition) is 2. The minimum atomic E-state index is 0.122. The van der Waals surface area contributed by atoms with Gasteiger partial charge in [0.15, 0.2) is 5.96 Å². The lowest BCUT2D eigenvalue weighted by Gasteiger charge is -2.41. The summed E-state index contributed by atoms with van der Waals surface area (Å²) in [6.45, 7) is 9.84. The summed E-state index contributed by atoms with van der Waals surface area (Å²) in [5.74, 6) is 2.52. The van der Waals surface area contributed by atoms with Gasteiger partial charge in [0.1, 0.15) is 11.5 Å². The van der Waals surface area contributed by atoms with Gasteiger partial charge in [-0.3, -0.25) is 9.89 Å². The Hall–Kier alpha value is -2.15. The molecule has 1 unspecified atom stereocenters. The summed E-state index contributed by atoms with van der Waals surface area (Å²) in [7, 11) is 5.23. The van der Waals surface area contributed by atoms with Gasteiger partial charge in [0.2, 0.25) is 0 Å². The van der Waals surface area contributed by atoms with Gasteiger partial charge in [-0.1, -0.05) is 6.42 Å². The zero-order chi connectivity index (χ0) is 21.6. The number of ether oxygens (including phenoxy) is 2. The Morgan fingerprint density at radius 2 is 1.73 bits per heavy atom. The smallest absolute Gasteiger partial charge is 0.191 e. The molecule has 0 amide bonds. The van der Waals surface area contributed by atoms with Crippen molar-refractivity contribution in [3.8, 4) is 11.5 Å². The van der Waals surface area contributed by atoms with E-state index in [-0.39, 0.29) is 5.54 Å². The fourth-order valence-corrected chi connectivity index (χ4v) is 4.39. The summed E-state index contributed by atoms with van der Waals surface area (Å²) in [6, 6.07) is 6.40. The van der Waals surface area contributed by atoms with Gasteiger partial charge in [-0.2, -0.15) is 0 Å². The predicted octanol–water partition coefficient (Wildman–Crippen LogP) is 2.71. The lowest BCUT2D eigenvalue weighted by Crippen LogP contribution is -2.55. The molecule has 0 spiro atoms. The molecule has 2 saturated heterocycles. The standard InChI is InChI=1S/C23H39N5O2/c1-23(2,28-10-7-6-8-11-28)17-25-22(24-3)26-18-9-12-27(16-18)19-13-20(29-4)15-21(14-19)30-5/h13-15,18H,6-12,16-17H2,1-5H3,(H2,24,25,26). The average molecular weight is 418 g/mol. The van der Waals surface area contributed by atoms with Crippen molar-refractivity contribution in [2.75, 3.05) is 58.9 Å². The second-order valence-electron chi connectivity index (χ2n) is 8.93. The van der Waals surface area contributed by atoms with Gasteiger partial charge in [-0.05, 0) is 46.2 Å². The Morgan fingerprint density at radius 3 is 2.33 bits per heavy atom. The number of likely N-dealkylation sites (tertiary alicyclic amines) is 1. The predicted molar refractivity (Wildman–Crippen MR) is 124 cm³/mol. The van der Waals surface area contributed by atoms with Gasteiger partial charge in [-0.25, -0.2) is 0 Å². The van der Waals surface area contributed by atoms with Crippen molar-refractivity contribution in [3.63, 3.8) is 0 Å². The van der Waals surface area contributed by atoms with Crippen LogP contribution in [0.25, 0.3) is 0 Å². The molecular formula is C23H39N5O2. The number of anilines is 1. The molecule has 2 N–H and O–H groups in total. The number of nitrogens with one attached hydrogen (secondary N) is 2. The molecule has 1 aromatic rings. The quantitative estimate of drug-likeness (QED) is 0.525. The lowest BCUT2D eigenvalue weighted by molar-refractivity contribution is 0.0982. The highest BCUT2D eigenvalue weighted by Crippen LogP contribution is 2.30. The number of methoxy groups -OCH3 is 2. The molecule has 0 aliphatic carbocycles. The summed E-state index contributed by atoms with van der Waals surface area (Å²) in [5.41, 5.74) is 1.25. The Morgan fingerprint density at radius 1 is 1.07 bits per heavy atom. The number of nitrogens with zero attached hydrogens (tertiary/aromatic N) is 3. The van der Waals surface area contributed by atoms with Crippen LogP contribution in [0.3, 0.4) is 0 Å². The van der Waals surface area contributed by atoms with Crippen LogP contribution in [-0.2, 0) is 0 Å². The summed E-state index contributed by atoms with van der Waals surface area (Å²) < 4.78 is 10.8. The van der Waals surface area contributed by atoms with E-state index in [1.807, 2.05) is 13.1 Å². The zero-order valence-corrected chi connectivity index (χ0v) is 19.3. The van der Waals surface area contributed by atoms with Crippen LogP contribution in [0.15, 0.2) is 23.2 Å². The Bertz CT molecular complexity index is 693. The van der Waals surface area contributed by atoms with Crippen LogP contribution in [0.4, 0.5) is 5.69 Å². The fraction of sp³-hybridized carbons (Fsp3) is 0.696. The Labute approximate surface area is 181 Å². The maximum atomic E-state index is 5.42. The molecule has 7 nitrogen and oxygen atoms in total. The molecule has 2 aliphatic rings. The van der Waals surface area contributed by atoms with Gasteiger partial charge in [0, 0.05) is 62.1 Å². The summed E-state index contributed by atoms with van der Waals surface area (Å²) in [6.07, 6.45) is 5.04. The molecule has 0 aromatic heterocycles. The molecule has 0 radical (unpaired) electrons. The van der Waals surface area contributed by atoms with Crippen molar-refractivity contribution >= 4 is 11.6 Å². The summed E-state index contributed by atoms with van der Waals surface area (Å²) in [5, 5.41) is 7.18. The van der Waals surface area contributed by atoms with E-state index < -0.39 is 0 Å². The van der Waals surface area contributed by atoms with Crippen LogP contribution < -0.4 is 25.0 Å². The molecular weight excluding hydrogens is 378 g/mol. The number of hydrogen-bond acceptors (Lipinski definition) is 5. The number of piperidine rings is 1. The van der Waals surface area contributed by atoms with E-state index in [2.05, 4.69) is 51.4 Å². The average Bonchev–Trinajstić information content (AvgIpc) is 3.25. The van der Waals surface area contributed by atoms with Crippen molar-refractivity contribution in [2.24, 2.45) is 4.99 Å². The topological polar surface area (TPSA) is 61.4 Å². The third-order valence-electron chi connectivity index (χ3n) is 6.35. The monoisotopic (exact) mass is 417 g/mol. The van der Waals surface area contributed by atoms with Crippen molar-refractivity contribution < 1.29 is 9.47 Å². The van der Waals surface area contributed by atoms with Gasteiger partial charge < -0.3 is 25.0 Å². The molecule has 0 saturated carbocycles. The minimum Gasteiger partial charge on any atom is -0.497 e. The van der Waals surface area contributed by atoms with E-state index in [0.29, 0.717) is 6.04 Å². The van der Waals surface area contributed by atoms with Crippen molar-refractivity contribution in [1.29, 1.82) is 0 Å². The van der Waals surface area contributed by atoms with E-state index >= 15 is 0 Å². The van der Waals surface area contributed by atoms with Gasteiger partial charge in [-0.15, -0.1) is 0 Å². The molecule has 7 heteroatoms. The number of guanidine groups is 1. The zero-order valence-electron chi connectivity index (χ0n) is 19.3. The maximum Gasteiger partial charge on any atom is 0.191 e. The first-order valence-corrected chi connectivity index (χ1v) is 11.2. The van der Waals surface area contributed by atoms with E-state index in [1.54, 1.807) is 14.2 Å². The van der Waals surface area contributed by atoms with E-state index in [1.165, 1.54) is 32.4 Å². The highest BCUT2D eigenvalue weighted by molar-refractivity contribution is 5.80. The van der Waals surface area contributed by atoms with Crippen LogP contribution in [0.5, 0.6) is 11.5 Å². The third-order valence-corrected chi connectivity index (χ3v) is 6.35. The van der Waals surface area contributed by atoms with Gasteiger partial charge in [0.25, 0.3) is 0 Å². The normalized spacial score (nSPS) is 20.9. The molecule has 1 atom stereocenters. The van der Waals surface area contributed by atoms with Crippen LogP contribution in [0.2, 0.25) is 0 Å². The SMILES string of the molecule is CN=C(NCC(C)(C)N1CCCCC1)NC1CCN(c2cc(OC)cc(OC)c2)C1. The molecule has 2 aliphatic heterocycles. The largest absolute Gasteiger partial charge is 0.497 e. The number of benzene rings is 1. The molecule has 2 heterocycles. The molecule has 1 aromatic carbocycles.